The van der Waals surface area contributed by atoms with Gasteiger partial charge in [0.2, 0.25) is 0 Å². The van der Waals surface area contributed by atoms with Crippen LogP contribution < -0.4 is 5.73 Å². The number of alkyl halides is 3. The molecular formula is C8H9ClF3N3. The Labute approximate surface area is 89.3 Å². The van der Waals surface area contributed by atoms with Crippen LogP contribution in [0.15, 0.2) is 6.08 Å². The molecule has 1 aromatic rings. The summed E-state index contributed by atoms with van der Waals surface area (Å²) in [4.78, 5) is 0. The molecule has 0 amide bonds. The maximum Gasteiger partial charge on any atom is 0.435 e. The van der Waals surface area contributed by atoms with E-state index in [1.807, 2.05) is 0 Å². The van der Waals surface area contributed by atoms with Crippen LogP contribution in [0.4, 0.5) is 13.2 Å². The predicted molar refractivity (Wildman–Crippen MR) is 51.3 cm³/mol. The Bertz CT molecular complexity index is 381. The Kier molecular flexibility index (Phi) is 3.41. The van der Waals surface area contributed by atoms with E-state index in [0.717, 1.165) is 4.68 Å². The lowest BCUT2D eigenvalue weighted by Gasteiger charge is -2.02. The molecule has 0 aliphatic heterocycles. The van der Waals surface area contributed by atoms with E-state index in [4.69, 9.17) is 17.3 Å². The molecule has 0 unspecified atom stereocenters. The predicted octanol–water partition coefficient (Wildman–Crippen LogP) is 2.06. The molecule has 0 saturated heterocycles. The molecule has 0 aliphatic carbocycles. The summed E-state index contributed by atoms with van der Waals surface area (Å²) >= 11 is 5.66. The molecule has 1 aromatic heterocycles. The van der Waals surface area contributed by atoms with Gasteiger partial charge in [0, 0.05) is 19.2 Å². The molecule has 84 valence electrons. The maximum atomic E-state index is 12.5. The number of aryl methyl sites for hydroxylation is 1. The fraction of sp³-hybridized carbons (Fsp3) is 0.375. The first-order chi connectivity index (χ1) is 6.88. The van der Waals surface area contributed by atoms with Crippen LogP contribution in [-0.2, 0) is 13.2 Å². The number of aromatic nitrogens is 2. The van der Waals surface area contributed by atoms with Gasteiger partial charge in [0.25, 0.3) is 0 Å². The summed E-state index contributed by atoms with van der Waals surface area (Å²) in [7, 11) is 1.34. The fourth-order valence-electron chi connectivity index (χ4n) is 1.06. The molecule has 15 heavy (non-hydrogen) atoms. The van der Waals surface area contributed by atoms with Gasteiger partial charge in [-0.3, -0.25) is 4.68 Å². The average Bonchev–Trinajstić information content (AvgIpc) is 2.40. The zero-order valence-electron chi connectivity index (χ0n) is 7.85. The zero-order valence-corrected chi connectivity index (χ0v) is 8.60. The molecule has 0 bridgehead atoms. The first-order valence-electron chi connectivity index (χ1n) is 4.04. The van der Waals surface area contributed by atoms with Crippen molar-refractivity contribution in [1.29, 1.82) is 0 Å². The summed E-state index contributed by atoms with van der Waals surface area (Å²) in [5.41, 5.74) is 4.00. The fourth-order valence-corrected chi connectivity index (χ4v) is 1.25. The third kappa shape index (κ3) is 2.51. The Morgan fingerprint density at radius 1 is 1.53 bits per heavy atom. The molecule has 3 nitrogen and oxygen atoms in total. The average molecular weight is 240 g/mol. The molecule has 0 atom stereocenters. The number of halogens is 4. The van der Waals surface area contributed by atoms with Crippen molar-refractivity contribution in [2.75, 3.05) is 6.54 Å². The molecule has 0 radical (unpaired) electrons. The first-order valence-corrected chi connectivity index (χ1v) is 4.42. The van der Waals surface area contributed by atoms with Crippen molar-refractivity contribution in [1.82, 2.24) is 9.78 Å². The summed E-state index contributed by atoms with van der Waals surface area (Å²) in [6.07, 6.45) is -1.91. The molecule has 7 heteroatoms. The van der Waals surface area contributed by atoms with Gasteiger partial charge in [-0.1, -0.05) is 23.8 Å². The van der Waals surface area contributed by atoms with E-state index in [-0.39, 0.29) is 17.3 Å². The normalized spacial score (nSPS) is 12.7. The van der Waals surface area contributed by atoms with Crippen LogP contribution in [0, 0.1) is 0 Å². The summed E-state index contributed by atoms with van der Waals surface area (Å²) in [5.74, 6) is 0. The largest absolute Gasteiger partial charge is 0.435 e. The second-order valence-corrected chi connectivity index (χ2v) is 3.17. The van der Waals surface area contributed by atoms with Gasteiger partial charge in [-0.2, -0.15) is 18.3 Å². The van der Waals surface area contributed by atoms with Crippen LogP contribution in [0.2, 0.25) is 5.15 Å². The van der Waals surface area contributed by atoms with Gasteiger partial charge in [0.15, 0.2) is 5.69 Å². The Morgan fingerprint density at radius 3 is 2.60 bits per heavy atom. The van der Waals surface area contributed by atoms with E-state index in [1.165, 1.54) is 19.2 Å². The van der Waals surface area contributed by atoms with Crippen LogP contribution in [0.5, 0.6) is 0 Å². The van der Waals surface area contributed by atoms with Crippen molar-refractivity contribution in [3.8, 4) is 0 Å². The Balaban J connectivity index is 3.27. The van der Waals surface area contributed by atoms with Crippen molar-refractivity contribution in [3.63, 3.8) is 0 Å². The highest BCUT2D eigenvalue weighted by molar-refractivity contribution is 6.31. The first kappa shape index (κ1) is 12.1. The lowest BCUT2D eigenvalue weighted by molar-refractivity contribution is -0.141. The van der Waals surface area contributed by atoms with E-state index in [1.54, 1.807) is 0 Å². The molecule has 1 rings (SSSR count). The van der Waals surface area contributed by atoms with Gasteiger partial charge < -0.3 is 5.73 Å². The minimum absolute atomic E-state index is 0.0629. The molecule has 1 heterocycles. The van der Waals surface area contributed by atoms with Crippen molar-refractivity contribution in [2.24, 2.45) is 12.8 Å². The number of hydrogen-bond donors (Lipinski definition) is 1. The van der Waals surface area contributed by atoms with Gasteiger partial charge in [-0.15, -0.1) is 0 Å². The van der Waals surface area contributed by atoms with Gasteiger partial charge in [0.1, 0.15) is 5.15 Å². The molecule has 0 spiro atoms. The summed E-state index contributed by atoms with van der Waals surface area (Å²) in [6.45, 7) is 0.141. The van der Waals surface area contributed by atoms with E-state index in [2.05, 4.69) is 5.10 Å². The van der Waals surface area contributed by atoms with Gasteiger partial charge in [-0.25, -0.2) is 0 Å². The van der Waals surface area contributed by atoms with Crippen LogP contribution in [0.25, 0.3) is 6.08 Å². The lowest BCUT2D eigenvalue weighted by atomic mass is 10.2. The minimum Gasteiger partial charge on any atom is -0.327 e. The monoisotopic (exact) mass is 239 g/mol. The van der Waals surface area contributed by atoms with E-state index in [9.17, 15) is 13.2 Å². The second-order valence-electron chi connectivity index (χ2n) is 2.81. The molecular weight excluding hydrogens is 231 g/mol. The Hall–Kier alpha value is -1.01. The number of hydrogen-bond acceptors (Lipinski definition) is 2. The van der Waals surface area contributed by atoms with E-state index >= 15 is 0 Å². The van der Waals surface area contributed by atoms with Crippen LogP contribution in [0.1, 0.15) is 11.3 Å². The quantitative estimate of drug-likeness (QED) is 0.859. The third-order valence-electron chi connectivity index (χ3n) is 1.70. The Morgan fingerprint density at radius 2 is 2.13 bits per heavy atom. The van der Waals surface area contributed by atoms with Crippen molar-refractivity contribution < 1.29 is 13.2 Å². The maximum absolute atomic E-state index is 12.5. The van der Waals surface area contributed by atoms with Crippen molar-refractivity contribution >= 4 is 17.7 Å². The van der Waals surface area contributed by atoms with Crippen LogP contribution >= 0.6 is 11.6 Å². The minimum atomic E-state index is -4.51. The van der Waals surface area contributed by atoms with E-state index in [0.29, 0.717) is 0 Å². The standard InChI is InChI=1S/C8H9ClF3N3/c1-15-7(9)5(3-2-4-13)6(14-15)8(10,11)12/h2-3H,4,13H2,1H3. The molecule has 2 N–H and O–H groups in total. The topological polar surface area (TPSA) is 43.8 Å². The number of nitrogens with two attached hydrogens (primary N) is 1. The zero-order chi connectivity index (χ0) is 11.6. The van der Waals surface area contributed by atoms with Crippen molar-refractivity contribution in [2.45, 2.75) is 6.18 Å². The molecule has 0 aromatic carbocycles. The van der Waals surface area contributed by atoms with Crippen molar-refractivity contribution in [3.05, 3.63) is 22.5 Å². The molecule has 0 fully saturated rings. The summed E-state index contributed by atoms with van der Waals surface area (Å²) in [5, 5.41) is 3.24. The number of nitrogens with zero attached hydrogens (tertiary/aromatic N) is 2. The second kappa shape index (κ2) is 4.24. The smallest absolute Gasteiger partial charge is 0.327 e. The summed E-state index contributed by atoms with van der Waals surface area (Å²) < 4.78 is 38.4. The van der Waals surface area contributed by atoms with Gasteiger partial charge in [0.05, 0.1) is 0 Å². The number of rotatable bonds is 2. The van der Waals surface area contributed by atoms with Crippen LogP contribution in [-0.4, -0.2) is 16.3 Å². The van der Waals surface area contributed by atoms with Crippen LogP contribution in [0.3, 0.4) is 0 Å². The summed E-state index contributed by atoms with van der Waals surface area (Å²) in [6, 6.07) is 0. The van der Waals surface area contributed by atoms with Gasteiger partial charge >= 0.3 is 6.18 Å². The van der Waals surface area contributed by atoms with Gasteiger partial charge in [-0.05, 0) is 0 Å². The molecule has 0 aliphatic rings. The molecule has 0 saturated carbocycles. The lowest BCUT2D eigenvalue weighted by Crippen LogP contribution is -2.08. The highest BCUT2D eigenvalue weighted by atomic mass is 35.5. The SMILES string of the molecule is Cn1nc(C(F)(F)F)c(C=CCN)c1Cl. The highest BCUT2D eigenvalue weighted by Gasteiger charge is 2.37. The highest BCUT2D eigenvalue weighted by Crippen LogP contribution is 2.34. The third-order valence-corrected chi connectivity index (χ3v) is 2.15. The van der Waals surface area contributed by atoms with E-state index < -0.39 is 11.9 Å².